The fourth-order valence-electron chi connectivity index (χ4n) is 1.26. The SMILES string of the molecule is CCCNCCc1ccc(CC)o1. The predicted octanol–water partition coefficient (Wildman–Crippen LogP) is 2.38. The van der Waals surface area contributed by atoms with Crippen LogP contribution in [0.5, 0.6) is 0 Å². The number of furan rings is 1. The minimum atomic E-state index is 0.988. The molecule has 13 heavy (non-hydrogen) atoms. The van der Waals surface area contributed by atoms with Crippen LogP contribution >= 0.6 is 0 Å². The summed E-state index contributed by atoms with van der Waals surface area (Å²) in [5.41, 5.74) is 0. The van der Waals surface area contributed by atoms with Crippen molar-refractivity contribution in [2.24, 2.45) is 0 Å². The van der Waals surface area contributed by atoms with E-state index in [0.29, 0.717) is 0 Å². The summed E-state index contributed by atoms with van der Waals surface area (Å²) in [7, 11) is 0. The van der Waals surface area contributed by atoms with Gasteiger partial charge in [-0.1, -0.05) is 13.8 Å². The topological polar surface area (TPSA) is 25.2 Å². The molecule has 2 heteroatoms. The Hall–Kier alpha value is -0.760. The highest BCUT2D eigenvalue weighted by Crippen LogP contribution is 2.08. The molecule has 0 aliphatic rings. The van der Waals surface area contributed by atoms with E-state index in [0.717, 1.165) is 37.5 Å². The summed E-state index contributed by atoms with van der Waals surface area (Å²) in [5, 5.41) is 3.35. The molecular formula is C11H19NO. The Morgan fingerprint density at radius 3 is 2.54 bits per heavy atom. The van der Waals surface area contributed by atoms with E-state index in [1.165, 1.54) is 6.42 Å². The summed E-state index contributed by atoms with van der Waals surface area (Å²) < 4.78 is 5.57. The fraction of sp³-hybridized carbons (Fsp3) is 0.636. The van der Waals surface area contributed by atoms with Crippen LogP contribution in [0.1, 0.15) is 31.8 Å². The smallest absolute Gasteiger partial charge is 0.105 e. The van der Waals surface area contributed by atoms with E-state index in [-0.39, 0.29) is 0 Å². The molecule has 0 aromatic carbocycles. The average Bonchev–Trinajstić information content (AvgIpc) is 2.60. The summed E-state index contributed by atoms with van der Waals surface area (Å²) in [6.07, 6.45) is 3.18. The highest BCUT2D eigenvalue weighted by atomic mass is 16.3. The first-order chi connectivity index (χ1) is 6.36. The van der Waals surface area contributed by atoms with E-state index < -0.39 is 0 Å². The number of hydrogen-bond acceptors (Lipinski definition) is 2. The van der Waals surface area contributed by atoms with Crippen molar-refractivity contribution in [1.82, 2.24) is 5.32 Å². The number of hydrogen-bond donors (Lipinski definition) is 1. The quantitative estimate of drug-likeness (QED) is 0.682. The maximum atomic E-state index is 5.57. The van der Waals surface area contributed by atoms with E-state index >= 15 is 0 Å². The molecule has 1 aromatic heterocycles. The fourth-order valence-corrected chi connectivity index (χ4v) is 1.26. The van der Waals surface area contributed by atoms with Crippen molar-refractivity contribution in [3.63, 3.8) is 0 Å². The van der Waals surface area contributed by atoms with Gasteiger partial charge in [0, 0.05) is 19.4 Å². The van der Waals surface area contributed by atoms with Gasteiger partial charge in [-0.2, -0.15) is 0 Å². The first-order valence-corrected chi connectivity index (χ1v) is 5.15. The van der Waals surface area contributed by atoms with Crippen LogP contribution in [0.4, 0.5) is 0 Å². The van der Waals surface area contributed by atoms with Crippen LogP contribution in [0.25, 0.3) is 0 Å². The van der Waals surface area contributed by atoms with Crippen molar-refractivity contribution >= 4 is 0 Å². The highest BCUT2D eigenvalue weighted by Gasteiger charge is 1.98. The van der Waals surface area contributed by atoms with E-state index in [1.54, 1.807) is 0 Å². The monoisotopic (exact) mass is 181 g/mol. The van der Waals surface area contributed by atoms with Gasteiger partial charge in [0.15, 0.2) is 0 Å². The molecule has 0 aliphatic carbocycles. The van der Waals surface area contributed by atoms with Gasteiger partial charge in [0.25, 0.3) is 0 Å². The third kappa shape index (κ3) is 3.64. The van der Waals surface area contributed by atoms with Gasteiger partial charge in [-0.15, -0.1) is 0 Å². The predicted molar refractivity (Wildman–Crippen MR) is 55.0 cm³/mol. The molecule has 1 heterocycles. The molecule has 0 aliphatic heterocycles. The van der Waals surface area contributed by atoms with E-state index in [4.69, 9.17) is 4.42 Å². The van der Waals surface area contributed by atoms with Crippen molar-refractivity contribution in [1.29, 1.82) is 0 Å². The van der Waals surface area contributed by atoms with Gasteiger partial charge < -0.3 is 9.73 Å². The summed E-state index contributed by atoms with van der Waals surface area (Å²) in [4.78, 5) is 0. The zero-order chi connectivity index (χ0) is 9.52. The first-order valence-electron chi connectivity index (χ1n) is 5.15. The summed E-state index contributed by atoms with van der Waals surface area (Å²) in [5.74, 6) is 2.19. The molecule has 0 spiro atoms. The molecule has 0 amide bonds. The number of nitrogens with one attached hydrogen (secondary N) is 1. The first kappa shape index (κ1) is 10.3. The van der Waals surface area contributed by atoms with Crippen LogP contribution in [-0.4, -0.2) is 13.1 Å². The molecular weight excluding hydrogens is 162 g/mol. The lowest BCUT2D eigenvalue weighted by molar-refractivity contribution is 0.463. The van der Waals surface area contributed by atoms with Gasteiger partial charge in [0.2, 0.25) is 0 Å². The molecule has 0 fully saturated rings. The zero-order valence-electron chi connectivity index (χ0n) is 8.60. The van der Waals surface area contributed by atoms with Crippen molar-refractivity contribution < 1.29 is 4.42 Å². The average molecular weight is 181 g/mol. The third-order valence-corrected chi connectivity index (χ3v) is 2.04. The lowest BCUT2D eigenvalue weighted by Gasteiger charge is -1.99. The van der Waals surface area contributed by atoms with E-state index in [2.05, 4.69) is 31.3 Å². The molecule has 1 N–H and O–H groups in total. The third-order valence-electron chi connectivity index (χ3n) is 2.04. The van der Waals surface area contributed by atoms with E-state index in [1.807, 2.05) is 0 Å². The molecule has 0 unspecified atom stereocenters. The van der Waals surface area contributed by atoms with Gasteiger partial charge in [0.1, 0.15) is 11.5 Å². The lowest BCUT2D eigenvalue weighted by Crippen LogP contribution is -2.17. The minimum absolute atomic E-state index is 0.988. The Kier molecular flexibility index (Phi) is 4.61. The molecule has 74 valence electrons. The summed E-state index contributed by atoms with van der Waals surface area (Å²) in [6.45, 7) is 6.40. The molecule has 0 bridgehead atoms. The Morgan fingerprint density at radius 1 is 1.15 bits per heavy atom. The second kappa shape index (κ2) is 5.81. The van der Waals surface area contributed by atoms with Gasteiger partial charge in [-0.25, -0.2) is 0 Å². The second-order valence-corrected chi connectivity index (χ2v) is 3.22. The second-order valence-electron chi connectivity index (χ2n) is 3.22. The molecule has 1 rings (SSSR count). The summed E-state index contributed by atoms with van der Waals surface area (Å²) in [6, 6.07) is 4.14. The Labute approximate surface area is 80.3 Å². The molecule has 0 radical (unpaired) electrons. The van der Waals surface area contributed by atoms with Crippen LogP contribution < -0.4 is 5.32 Å². The maximum absolute atomic E-state index is 5.57. The highest BCUT2D eigenvalue weighted by molar-refractivity contribution is 5.07. The number of rotatable bonds is 6. The molecule has 1 aromatic rings. The molecule has 0 saturated heterocycles. The van der Waals surface area contributed by atoms with Crippen LogP contribution in [0.15, 0.2) is 16.5 Å². The lowest BCUT2D eigenvalue weighted by atomic mass is 10.3. The molecule has 0 saturated carbocycles. The van der Waals surface area contributed by atoms with Crippen molar-refractivity contribution in [2.45, 2.75) is 33.1 Å². The van der Waals surface area contributed by atoms with Crippen LogP contribution in [0.3, 0.4) is 0 Å². The van der Waals surface area contributed by atoms with Crippen molar-refractivity contribution in [3.05, 3.63) is 23.7 Å². The Morgan fingerprint density at radius 2 is 1.92 bits per heavy atom. The standard InChI is InChI=1S/C11H19NO/c1-3-8-12-9-7-11-6-5-10(4-2)13-11/h5-6,12H,3-4,7-9H2,1-2H3. The van der Waals surface area contributed by atoms with Crippen LogP contribution in [0.2, 0.25) is 0 Å². The molecule has 0 atom stereocenters. The summed E-state index contributed by atoms with van der Waals surface area (Å²) >= 11 is 0. The Balaban J connectivity index is 2.20. The Bertz CT molecular complexity index is 230. The maximum Gasteiger partial charge on any atom is 0.105 e. The normalized spacial score (nSPS) is 10.6. The van der Waals surface area contributed by atoms with Gasteiger partial charge in [-0.3, -0.25) is 0 Å². The zero-order valence-corrected chi connectivity index (χ0v) is 8.60. The van der Waals surface area contributed by atoms with Gasteiger partial charge >= 0.3 is 0 Å². The van der Waals surface area contributed by atoms with Crippen molar-refractivity contribution in [2.75, 3.05) is 13.1 Å². The van der Waals surface area contributed by atoms with Crippen molar-refractivity contribution in [3.8, 4) is 0 Å². The van der Waals surface area contributed by atoms with E-state index in [9.17, 15) is 0 Å². The minimum Gasteiger partial charge on any atom is -0.466 e. The largest absolute Gasteiger partial charge is 0.466 e. The van der Waals surface area contributed by atoms with Crippen LogP contribution in [0, 0.1) is 0 Å². The number of aryl methyl sites for hydroxylation is 1. The molecule has 2 nitrogen and oxygen atoms in total. The van der Waals surface area contributed by atoms with Gasteiger partial charge in [0.05, 0.1) is 0 Å². The van der Waals surface area contributed by atoms with Crippen LogP contribution in [-0.2, 0) is 12.8 Å². The van der Waals surface area contributed by atoms with Gasteiger partial charge in [-0.05, 0) is 25.1 Å².